The molecule has 0 aromatic heterocycles. The summed E-state index contributed by atoms with van der Waals surface area (Å²) < 4.78 is 5.42. The van der Waals surface area contributed by atoms with Crippen molar-refractivity contribution in [3.63, 3.8) is 0 Å². The Kier molecular flexibility index (Phi) is 7.12. The van der Waals surface area contributed by atoms with Crippen LogP contribution in [0.15, 0.2) is 24.3 Å². The number of amides is 2. The Hall–Kier alpha value is -1.59. The quantitative estimate of drug-likeness (QED) is 0.807. The van der Waals surface area contributed by atoms with Crippen molar-refractivity contribution in [1.29, 1.82) is 0 Å². The fraction of sp³-hybridized carbons (Fsp3) is 0.650. The van der Waals surface area contributed by atoms with E-state index in [1.165, 1.54) is 36.8 Å². The zero-order chi connectivity index (χ0) is 17.3. The summed E-state index contributed by atoms with van der Waals surface area (Å²) in [4.78, 5) is 14.7. The second-order valence-electron chi connectivity index (χ2n) is 7.17. The molecule has 2 aliphatic rings. The standard InChI is InChI=1S/C20H31N3O2/c24-20(22-19-9-3-1-2-4-10-19)21-15-17-7-5-6-8-18(17)16-23-11-13-25-14-12-23/h5-8,19H,1-4,9-16H2,(H2,21,22,24). The number of rotatable bonds is 5. The molecule has 3 rings (SSSR count). The zero-order valence-corrected chi connectivity index (χ0v) is 15.1. The number of ether oxygens (including phenoxy) is 1. The molecule has 1 saturated heterocycles. The van der Waals surface area contributed by atoms with E-state index >= 15 is 0 Å². The molecule has 1 aromatic carbocycles. The van der Waals surface area contributed by atoms with E-state index in [2.05, 4.69) is 33.7 Å². The van der Waals surface area contributed by atoms with E-state index in [9.17, 15) is 4.79 Å². The number of nitrogens with one attached hydrogen (secondary N) is 2. The molecule has 0 bridgehead atoms. The van der Waals surface area contributed by atoms with Gasteiger partial charge in [0.05, 0.1) is 13.2 Å². The van der Waals surface area contributed by atoms with Gasteiger partial charge in [-0.05, 0) is 24.0 Å². The molecule has 0 atom stereocenters. The van der Waals surface area contributed by atoms with Crippen LogP contribution >= 0.6 is 0 Å². The van der Waals surface area contributed by atoms with Gasteiger partial charge < -0.3 is 15.4 Å². The Bertz CT molecular complexity index is 535. The number of benzene rings is 1. The summed E-state index contributed by atoms with van der Waals surface area (Å²) in [6.45, 7) is 5.08. The number of nitrogens with zero attached hydrogens (tertiary/aromatic N) is 1. The summed E-state index contributed by atoms with van der Waals surface area (Å²) in [6, 6.07) is 8.70. The van der Waals surface area contributed by atoms with Crippen molar-refractivity contribution >= 4 is 6.03 Å². The number of carbonyl (C=O) groups is 1. The lowest BCUT2D eigenvalue weighted by Gasteiger charge is -2.27. The second-order valence-corrected chi connectivity index (χ2v) is 7.17. The van der Waals surface area contributed by atoms with Gasteiger partial charge in [-0.3, -0.25) is 4.90 Å². The maximum atomic E-state index is 12.2. The average molecular weight is 345 g/mol. The van der Waals surface area contributed by atoms with E-state index in [0.29, 0.717) is 12.6 Å². The smallest absolute Gasteiger partial charge is 0.315 e. The van der Waals surface area contributed by atoms with Gasteiger partial charge >= 0.3 is 6.03 Å². The van der Waals surface area contributed by atoms with Crippen LogP contribution in [0.25, 0.3) is 0 Å². The second kappa shape index (κ2) is 9.78. The van der Waals surface area contributed by atoms with E-state index in [1.807, 2.05) is 6.07 Å². The first-order chi connectivity index (χ1) is 12.3. The van der Waals surface area contributed by atoms with Crippen LogP contribution in [0.1, 0.15) is 49.7 Å². The van der Waals surface area contributed by atoms with Crippen LogP contribution in [-0.2, 0) is 17.8 Å². The van der Waals surface area contributed by atoms with Crippen LogP contribution in [0, 0.1) is 0 Å². The van der Waals surface area contributed by atoms with Crippen molar-refractivity contribution < 1.29 is 9.53 Å². The lowest BCUT2D eigenvalue weighted by molar-refractivity contribution is 0.0341. The van der Waals surface area contributed by atoms with Crippen LogP contribution in [-0.4, -0.2) is 43.3 Å². The Balaban J connectivity index is 1.49. The number of urea groups is 1. The topological polar surface area (TPSA) is 53.6 Å². The lowest BCUT2D eigenvalue weighted by atomic mass is 10.1. The molecule has 2 N–H and O–H groups in total. The molecule has 1 heterocycles. The average Bonchev–Trinajstić information content (AvgIpc) is 2.90. The van der Waals surface area contributed by atoms with Crippen LogP contribution in [0.4, 0.5) is 4.79 Å². The maximum absolute atomic E-state index is 12.2. The van der Waals surface area contributed by atoms with E-state index in [1.54, 1.807) is 0 Å². The molecule has 1 saturated carbocycles. The van der Waals surface area contributed by atoms with Gasteiger partial charge in [0, 0.05) is 32.2 Å². The van der Waals surface area contributed by atoms with Crippen molar-refractivity contribution in [1.82, 2.24) is 15.5 Å². The van der Waals surface area contributed by atoms with Gasteiger partial charge in [-0.2, -0.15) is 0 Å². The zero-order valence-electron chi connectivity index (χ0n) is 15.1. The number of carbonyl (C=O) groups excluding carboxylic acids is 1. The van der Waals surface area contributed by atoms with Crippen LogP contribution in [0.3, 0.4) is 0 Å². The third-order valence-electron chi connectivity index (χ3n) is 5.25. The normalized spacial score (nSPS) is 20.0. The summed E-state index contributed by atoms with van der Waals surface area (Å²) in [5.41, 5.74) is 2.49. The fourth-order valence-electron chi connectivity index (χ4n) is 3.72. The van der Waals surface area contributed by atoms with Crippen molar-refractivity contribution in [3.8, 4) is 0 Å². The molecule has 5 heteroatoms. The minimum absolute atomic E-state index is 0.0342. The highest BCUT2D eigenvalue weighted by Gasteiger charge is 2.15. The first kappa shape index (κ1) is 18.2. The summed E-state index contributed by atoms with van der Waals surface area (Å²) >= 11 is 0. The van der Waals surface area contributed by atoms with Gasteiger partial charge in [0.15, 0.2) is 0 Å². The highest BCUT2D eigenvalue weighted by atomic mass is 16.5. The SMILES string of the molecule is O=C(NCc1ccccc1CN1CCOCC1)NC1CCCCCC1. The minimum Gasteiger partial charge on any atom is -0.379 e. The van der Waals surface area contributed by atoms with Crippen molar-refractivity contribution in [2.24, 2.45) is 0 Å². The molecule has 25 heavy (non-hydrogen) atoms. The molecule has 5 nitrogen and oxygen atoms in total. The number of hydrogen-bond donors (Lipinski definition) is 2. The van der Waals surface area contributed by atoms with Gasteiger partial charge in [0.2, 0.25) is 0 Å². The van der Waals surface area contributed by atoms with Gasteiger partial charge in [0.25, 0.3) is 0 Å². The molecule has 1 aliphatic carbocycles. The molecule has 1 aromatic rings. The highest BCUT2D eigenvalue weighted by molar-refractivity contribution is 5.74. The Labute approximate surface area is 151 Å². The highest BCUT2D eigenvalue weighted by Crippen LogP contribution is 2.17. The van der Waals surface area contributed by atoms with E-state index in [0.717, 1.165) is 45.7 Å². The predicted octanol–water partition coefficient (Wildman–Crippen LogP) is 3.04. The predicted molar refractivity (Wildman–Crippen MR) is 99.4 cm³/mol. The molecule has 0 unspecified atom stereocenters. The van der Waals surface area contributed by atoms with Crippen LogP contribution in [0.2, 0.25) is 0 Å². The van der Waals surface area contributed by atoms with Gasteiger partial charge in [-0.1, -0.05) is 49.9 Å². The van der Waals surface area contributed by atoms with Crippen LogP contribution < -0.4 is 10.6 Å². The van der Waals surface area contributed by atoms with E-state index in [-0.39, 0.29) is 6.03 Å². The van der Waals surface area contributed by atoms with Crippen molar-refractivity contribution in [2.45, 2.75) is 57.7 Å². The fourth-order valence-corrected chi connectivity index (χ4v) is 3.72. The first-order valence-corrected chi connectivity index (χ1v) is 9.72. The monoisotopic (exact) mass is 345 g/mol. The first-order valence-electron chi connectivity index (χ1n) is 9.72. The molecular weight excluding hydrogens is 314 g/mol. The Morgan fingerprint density at radius 3 is 2.44 bits per heavy atom. The van der Waals surface area contributed by atoms with Crippen LogP contribution in [0.5, 0.6) is 0 Å². The molecule has 0 radical (unpaired) electrons. The van der Waals surface area contributed by atoms with Gasteiger partial charge in [-0.15, -0.1) is 0 Å². The lowest BCUT2D eigenvalue weighted by Crippen LogP contribution is -2.41. The largest absolute Gasteiger partial charge is 0.379 e. The van der Waals surface area contributed by atoms with E-state index < -0.39 is 0 Å². The summed E-state index contributed by atoms with van der Waals surface area (Å²) in [6.07, 6.45) is 7.28. The molecule has 138 valence electrons. The summed E-state index contributed by atoms with van der Waals surface area (Å²) in [7, 11) is 0. The maximum Gasteiger partial charge on any atom is 0.315 e. The van der Waals surface area contributed by atoms with Gasteiger partial charge in [0.1, 0.15) is 0 Å². The molecule has 2 fully saturated rings. The Morgan fingerprint density at radius 2 is 1.72 bits per heavy atom. The minimum atomic E-state index is -0.0342. The molecule has 1 aliphatic heterocycles. The van der Waals surface area contributed by atoms with Crippen molar-refractivity contribution in [3.05, 3.63) is 35.4 Å². The Morgan fingerprint density at radius 1 is 1.04 bits per heavy atom. The van der Waals surface area contributed by atoms with Gasteiger partial charge in [-0.25, -0.2) is 4.79 Å². The molecule has 2 amide bonds. The number of morpholine rings is 1. The molecular formula is C20H31N3O2. The van der Waals surface area contributed by atoms with E-state index in [4.69, 9.17) is 4.74 Å². The summed E-state index contributed by atoms with van der Waals surface area (Å²) in [5, 5.41) is 6.20. The molecule has 0 spiro atoms. The third kappa shape index (κ3) is 6.01. The summed E-state index contributed by atoms with van der Waals surface area (Å²) in [5.74, 6) is 0. The number of hydrogen-bond acceptors (Lipinski definition) is 3. The van der Waals surface area contributed by atoms with Crippen molar-refractivity contribution in [2.75, 3.05) is 26.3 Å². The third-order valence-corrected chi connectivity index (χ3v) is 5.25.